The van der Waals surface area contributed by atoms with E-state index >= 15 is 0 Å². The normalized spacial score (nSPS) is 11.0. The Morgan fingerprint density at radius 2 is 1.62 bits per heavy atom. The highest BCUT2D eigenvalue weighted by Crippen LogP contribution is 2.24. The minimum absolute atomic E-state index is 0.0798. The number of aryl methyl sites for hydroxylation is 2. The Morgan fingerprint density at radius 3 is 2.35 bits per heavy atom. The van der Waals surface area contributed by atoms with Gasteiger partial charge in [-0.05, 0) is 73.5 Å². The summed E-state index contributed by atoms with van der Waals surface area (Å²) in [6.07, 6.45) is 0. The zero-order valence-electron chi connectivity index (χ0n) is 14.5. The monoisotopic (exact) mass is 360 g/mol. The number of benzene rings is 3. The number of nitrogens with zero attached hydrogens (tertiary/aromatic N) is 2. The Balaban J connectivity index is 2.10. The minimum Gasteiger partial charge on any atom is -0.268 e. The summed E-state index contributed by atoms with van der Waals surface area (Å²) in [4.78, 5) is 18.1. The van der Waals surface area contributed by atoms with E-state index in [1.54, 1.807) is 4.57 Å². The van der Waals surface area contributed by atoms with Crippen molar-refractivity contribution in [3.05, 3.63) is 93.2 Å². The molecule has 26 heavy (non-hydrogen) atoms. The van der Waals surface area contributed by atoms with Crippen molar-refractivity contribution in [3.63, 3.8) is 0 Å². The van der Waals surface area contributed by atoms with Crippen molar-refractivity contribution >= 4 is 22.5 Å². The Labute approximate surface area is 156 Å². The maximum Gasteiger partial charge on any atom is 0.266 e. The topological polar surface area (TPSA) is 34.9 Å². The Kier molecular flexibility index (Phi) is 4.09. The van der Waals surface area contributed by atoms with E-state index in [4.69, 9.17) is 16.6 Å². The van der Waals surface area contributed by atoms with E-state index in [0.29, 0.717) is 21.7 Å². The maximum atomic E-state index is 13.3. The highest BCUT2D eigenvalue weighted by molar-refractivity contribution is 6.30. The van der Waals surface area contributed by atoms with Gasteiger partial charge in [0.05, 0.1) is 16.6 Å². The van der Waals surface area contributed by atoms with Crippen molar-refractivity contribution < 1.29 is 0 Å². The lowest BCUT2D eigenvalue weighted by molar-refractivity contribution is 0.972. The van der Waals surface area contributed by atoms with Gasteiger partial charge >= 0.3 is 0 Å². The molecule has 0 spiro atoms. The van der Waals surface area contributed by atoms with Crippen molar-refractivity contribution in [2.75, 3.05) is 0 Å². The van der Waals surface area contributed by atoms with Crippen LogP contribution in [0.15, 0.2) is 71.5 Å². The van der Waals surface area contributed by atoms with E-state index in [1.165, 1.54) is 5.56 Å². The number of aromatic nitrogens is 2. The molecule has 0 N–H and O–H groups in total. The molecule has 0 saturated heterocycles. The van der Waals surface area contributed by atoms with Gasteiger partial charge in [0.2, 0.25) is 0 Å². The zero-order chi connectivity index (χ0) is 18.3. The van der Waals surface area contributed by atoms with Crippen molar-refractivity contribution in [2.24, 2.45) is 0 Å². The third-order valence-corrected chi connectivity index (χ3v) is 4.88. The predicted molar refractivity (Wildman–Crippen MR) is 107 cm³/mol. The fourth-order valence-corrected chi connectivity index (χ4v) is 3.16. The molecule has 0 atom stereocenters. The second-order valence-electron chi connectivity index (χ2n) is 6.37. The molecule has 3 nitrogen and oxygen atoms in total. The predicted octanol–water partition coefficient (Wildman–Crippen LogP) is 5.32. The number of rotatable bonds is 2. The average Bonchev–Trinajstić information content (AvgIpc) is 2.65. The van der Waals surface area contributed by atoms with Gasteiger partial charge < -0.3 is 0 Å². The van der Waals surface area contributed by atoms with Crippen molar-refractivity contribution in [2.45, 2.75) is 13.8 Å². The van der Waals surface area contributed by atoms with Crippen LogP contribution < -0.4 is 5.56 Å². The van der Waals surface area contributed by atoms with E-state index in [1.807, 2.05) is 73.7 Å². The van der Waals surface area contributed by atoms with Gasteiger partial charge in [0, 0.05) is 10.6 Å². The standard InChI is InChI=1S/C22H17ClN2O/c1-14-7-12-18(13-15(14)2)25-21(16-8-10-17(23)11-9-16)24-20-6-4-3-5-19(20)22(25)26/h3-13H,1-2H3. The van der Waals surface area contributed by atoms with Gasteiger partial charge in [-0.1, -0.05) is 29.8 Å². The SMILES string of the molecule is Cc1ccc(-n2c(-c3ccc(Cl)cc3)nc3ccccc3c2=O)cc1C. The summed E-state index contributed by atoms with van der Waals surface area (Å²) >= 11 is 6.03. The van der Waals surface area contributed by atoms with Crippen LogP contribution in [0.1, 0.15) is 11.1 Å². The Bertz CT molecular complexity index is 1180. The first-order valence-corrected chi connectivity index (χ1v) is 8.78. The summed E-state index contributed by atoms with van der Waals surface area (Å²) in [5, 5.41) is 1.25. The fraction of sp³-hybridized carbons (Fsp3) is 0.0909. The second kappa shape index (κ2) is 6.43. The van der Waals surface area contributed by atoms with E-state index in [0.717, 1.165) is 16.8 Å². The van der Waals surface area contributed by atoms with E-state index < -0.39 is 0 Å². The summed E-state index contributed by atoms with van der Waals surface area (Å²) in [5.74, 6) is 0.605. The van der Waals surface area contributed by atoms with Gasteiger partial charge in [-0.25, -0.2) is 4.98 Å². The van der Waals surface area contributed by atoms with Crippen LogP contribution in [0.5, 0.6) is 0 Å². The van der Waals surface area contributed by atoms with Crippen molar-refractivity contribution in [1.29, 1.82) is 0 Å². The molecular weight excluding hydrogens is 344 g/mol. The van der Waals surface area contributed by atoms with Crippen LogP contribution in [0.4, 0.5) is 0 Å². The van der Waals surface area contributed by atoms with Gasteiger partial charge in [-0.15, -0.1) is 0 Å². The third-order valence-electron chi connectivity index (χ3n) is 4.63. The quantitative estimate of drug-likeness (QED) is 0.484. The average molecular weight is 361 g/mol. The largest absolute Gasteiger partial charge is 0.268 e. The second-order valence-corrected chi connectivity index (χ2v) is 6.81. The molecule has 0 aliphatic heterocycles. The van der Waals surface area contributed by atoms with Crippen LogP contribution in [-0.4, -0.2) is 9.55 Å². The van der Waals surface area contributed by atoms with E-state index in [9.17, 15) is 4.79 Å². The summed E-state index contributed by atoms with van der Waals surface area (Å²) in [7, 11) is 0. The number of hydrogen-bond acceptors (Lipinski definition) is 2. The molecule has 0 bridgehead atoms. The lowest BCUT2D eigenvalue weighted by Gasteiger charge is -2.15. The molecule has 0 aliphatic carbocycles. The molecule has 128 valence electrons. The van der Waals surface area contributed by atoms with Crippen LogP contribution in [0, 0.1) is 13.8 Å². The molecule has 0 amide bonds. The third kappa shape index (κ3) is 2.80. The van der Waals surface area contributed by atoms with Crippen molar-refractivity contribution in [3.8, 4) is 17.1 Å². The van der Waals surface area contributed by atoms with Crippen LogP contribution in [0.25, 0.3) is 28.0 Å². The number of halogens is 1. The summed E-state index contributed by atoms with van der Waals surface area (Å²) < 4.78 is 1.68. The smallest absolute Gasteiger partial charge is 0.266 e. The van der Waals surface area contributed by atoms with Crippen LogP contribution in [0.2, 0.25) is 5.02 Å². The summed E-state index contributed by atoms with van der Waals surface area (Å²) in [6.45, 7) is 4.10. The number of fused-ring (bicyclic) bond motifs is 1. The maximum absolute atomic E-state index is 13.3. The molecule has 4 aromatic rings. The van der Waals surface area contributed by atoms with E-state index in [-0.39, 0.29) is 5.56 Å². The molecule has 1 aromatic heterocycles. The number of para-hydroxylation sites is 1. The number of hydrogen-bond donors (Lipinski definition) is 0. The lowest BCUT2D eigenvalue weighted by atomic mass is 10.1. The lowest BCUT2D eigenvalue weighted by Crippen LogP contribution is -2.22. The van der Waals surface area contributed by atoms with Gasteiger partial charge in [0.25, 0.3) is 5.56 Å². The van der Waals surface area contributed by atoms with Gasteiger partial charge in [-0.3, -0.25) is 9.36 Å². The first kappa shape index (κ1) is 16.6. The first-order chi connectivity index (χ1) is 12.5. The Hall–Kier alpha value is -2.91. The highest BCUT2D eigenvalue weighted by atomic mass is 35.5. The summed E-state index contributed by atoms with van der Waals surface area (Å²) in [6, 6.07) is 20.8. The molecule has 0 saturated carbocycles. The van der Waals surface area contributed by atoms with Crippen LogP contribution >= 0.6 is 11.6 Å². The molecule has 4 heteroatoms. The molecule has 1 heterocycles. The van der Waals surface area contributed by atoms with Gasteiger partial charge in [0.15, 0.2) is 0 Å². The first-order valence-electron chi connectivity index (χ1n) is 8.40. The molecule has 0 aliphatic rings. The van der Waals surface area contributed by atoms with E-state index in [2.05, 4.69) is 6.92 Å². The summed E-state index contributed by atoms with van der Waals surface area (Å²) in [5.41, 5.74) is 4.57. The molecular formula is C22H17ClN2O. The highest BCUT2D eigenvalue weighted by Gasteiger charge is 2.14. The molecule has 0 radical (unpaired) electrons. The molecule has 0 fully saturated rings. The fourth-order valence-electron chi connectivity index (χ4n) is 3.03. The van der Waals surface area contributed by atoms with Crippen molar-refractivity contribution in [1.82, 2.24) is 9.55 Å². The minimum atomic E-state index is -0.0798. The van der Waals surface area contributed by atoms with Crippen LogP contribution in [-0.2, 0) is 0 Å². The van der Waals surface area contributed by atoms with Crippen LogP contribution in [0.3, 0.4) is 0 Å². The zero-order valence-corrected chi connectivity index (χ0v) is 15.3. The molecule has 0 unspecified atom stereocenters. The van der Waals surface area contributed by atoms with Gasteiger partial charge in [-0.2, -0.15) is 0 Å². The molecule has 3 aromatic carbocycles. The molecule has 4 rings (SSSR count). The van der Waals surface area contributed by atoms with Gasteiger partial charge in [0.1, 0.15) is 5.82 Å². The Morgan fingerprint density at radius 1 is 0.885 bits per heavy atom.